The molecule has 5 fully saturated rings. The number of thioether (sulfide) groups is 1. The summed E-state index contributed by atoms with van der Waals surface area (Å²) >= 11 is 1.80. The molecule has 0 radical (unpaired) electrons. The van der Waals surface area contributed by atoms with E-state index in [9.17, 15) is 18.2 Å². The second-order valence-corrected chi connectivity index (χ2v) is 12.7. The van der Waals surface area contributed by atoms with Crippen molar-refractivity contribution in [2.75, 3.05) is 18.2 Å². The van der Waals surface area contributed by atoms with E-state index in [-0.39, 0.29) is 22.4 Å². The summed E-state index contributed by atoms with van der Waals surface area (Å²) in [4.78, 5) is 26.9. The number of benzene rings is 1. The lowest BCUT2D eigenvalue weighted by atomic mass is 9.46. The third-order valence-corrected chi connectivity index (χ3v) is 10.0. The first kappa shape index (κ1) is 23.2. The number of rotatable bonds is 7. The Bertz CT molecular complexity index is 960. The molecule has 1 aliphatic heterocycles. The minimum absolute atomic E-state index is 0.156. The topological polar surface area (TPSA) is 66.5 Å². The molecule has 3 atom stereocenters. The van der Waals surface area contributed by atoms with Gasteiger partial charge in [0.15, 0.2) is 11.0 Å². The molecule has 33 heavy (non-hydrogen) atoms. The molecule has 178 valence electrons. The van der Waals surface area contributed by atoms with E-state index in [1.165, 1.54) is 43.5 Å². The molecule has 8 heteroatoms. The van der Waals surface area contributed by atoms with Gasteiger partial charge in [-0.1, -0.05) is 12.2 Å². The van der Waals surface area contributed by atoms with E-state index in [1.54, 1.807) is 11.8 Å². The fourth-order valence-corrected chi connectivity index (χ4v) is 9.05. The number of nitrogens with one attached hydrogen (secondary N) is 1. The summed E-state index contributed by atoms with van der Waals surface area (Å²) < 4.78 is 29.4. The van der Waals surface area contributed by atoms with Crippen LogP contribution in [0.25, 0.3) is 0 Å². The van der Waals surface area contributed by atoms with Crippen LogP contribution in [-0.4, -0.2) is 43.8 Å². The van der Waals surface area contributed by atoms with Gasteiger partial charge < -0.3 is 4.90 Å². The number of hydrogen-bond acceptors (Lipinski definition) is 4. The highest BCUT2D eigenvalue weighted by atomic mass is 32.2. The van der Waals surface area contributed by atoms with Crippen molar-refractivity contribution in [3.05, 3.63) is 47.8 Å². The van der Waals surface area contributed by atoms with Gasteiger partial charge in [-0.25, -0.2) is 13.3 Å². The Balaban J connectivity index is 1.23. The van der Waals surface area contributed by atoms with Gasteiger partial charge in [0.2, 0.25) is 5.91 Å². The van der Waals surface area contributed by atoms with Crippen molar-refractivity contribution in [3.8, 4) is 0 Å². The number of carbonyl (C=O) groups is 2. The number of halogens is 1. The summed E-state index contributed by atoms with van der Waals surface area (Å²) in [7, 11) is -1.85. The first-order valence-electron chi connectivity index (χ1n) is 11.9. The normalized spacial score (nSPS) is 33.7. The molecule has 1 heterocycles. The molecule has 4 bridgehead atoms. The zero-order valence-electron chi connectivity index (χ0n) is 18.8. The fraction of sp³-hybridized carbons (Fsp3) is 0.600. The maximum atomic E-state index is 13.2. The van der Waals surface area contributed by atoms with E-state index >= 15 is 0 Å². The second-order valence-electron chi connectivity index (χ2n) is 10.5. The summed E-state index contributed by atoms with van der Waals surface area (Å²) in [5, 5.41) is -0.488. The second kappa shape index (κ2) is 9.27. The van der Waals surface area contributed by atoms with E-state index in [2.05, 4.69) is 10.8 Å². The van der Waals surface area contributed by atoms with Gasteiger partial charge in [0.25, 0.3) is 5.12 Å². The zero-order valence-corrected chi connectivity index (χ0v) is 20.4. The monoisotopic (exact) mass is 490 g/mol. The molecule has 5 nitrogen and oxygen atoms in total. The molecule has 0 spiro atoms. The SMILES string of the molecule is O=C(C/C=C/CC12CC3CC(C1)CC(NS(=O)C(=O)c1ccc(F)cc1)(C3)C2)N1CCSC1. The summed E-state index contributed by atoms with van der Waals surface area (Å²) in [5.74, 6) is 2.81. The Morgan fingerprint density at radius 1 is 1.15 bits per heavy atom. The van der Waals surface area contributed by atoms with Crippen molar-refractivity contribution in [1.29, 1.82) is 0 Å². The third kappa shape index (κ3) is 4.98. The Labute approximate surface area is 201 Å². The molecule has 5 aliphatic rings. The van der Waals surface area contributed by atoms with E-state index in [0.29, 0.717) is 18.3 Å². The van der Waals surface area contributed by atoms with Crippen LogP contribution in [0.2, 0.25) is 0 Å². The van der Waals surface area contributed by atoms with Gasteiger partial charge in [-0.3, -0.25) is 9.59 Å². The van der Waals surface area contributed by atoms with Gasteiger partial charge in [-0.15, -0.1) is 11.8 Å². The van der Waals surface area contributed by atoms with E-state index in [4.69, 9.17) is 0 Å². The average Bonchev–Trinajstić information content (AvgIpc) is 3.30. The largest absolute Gasteiger partial charge is 0.332 e. The summed E-state index contributed by atoms with van der Waals surface area (Å²) in [5.41, 5.74) is 0.148. The molecule has 4 aliphatic carbocycles. The molecular weight excluding hydrogens is 459 g/mol. The fourth-order valence-electron chi connectivity index (χ4n) is 7.00. The smallest absolute Gasteiger partial charge is 0.264 e. The van der Waals surface area contributed by atoms with Crippen LogP contribution in [0.4, 0.5) is 4.39 Å². The zero-order chi connectivity index (χ0) is 23.1. The first-order chi connectivity index (χ1) is 15.9. The van der Waals surface area contributed by atoms with Gasteiger partial charge in [0.1, 0.15) is 5.82 Å². The predicted octanol–water partition coefficient (Wildman–Crippen LogP) is 4.43. The molecule has 3 unspecified atom stereocenters. The quantitative estimate of drug-likeness (QED) is 0.575. The van der Waals surface area contributed by atoms with Crippen LogP contribution >= 0.6 is 11.8 Å². The Morgan fingerprint density at radius 3 is 2.55 bits per heavy atom. The lowest BCUT2D eigenvalue weighted by molar-refractivity contribution is -0.128. The average molecular weight is 491 g/mol. The molecule has 1 aromatic carbocycles. The van der Waals surface area contributed by atoms with Crippen molar-refractivity contribution < 1.29 is 18.2 Å². The van der Waals surface area contributed by atoms with Crippen LogP contribution in [0, 0.1) is 23.1 Å². The first-order valence-corrected chi connectivity index (χ1v) is 14.2. The van der Waals surface area contributed by atoms with Crippen molar-refractivity contribution in [1.82, 2.24) is 9.62 Å². The molecule has 1 aromatic rings. The lowest BCUT2D eigenvalue weighted by Gasteiger charge is -2.62. The van der Waals surface area contributed by atoms with Crippen LogP contribution in [0.5, 0.6) is 0 Å². The van der Waals surface area contributed by atoms with Gasteiger partial charge >= 0.3 is 0 Å². The summed E-state index contributed by atoms with van der Waals surface area (Å²) in [6, 6.07) is 5.24. The number of nitrogens with zero attached hydrogens (tertiary/aromatic N) is 1. The molecule has 1 saturated heterocycles. The maximum absolute atomic E-state index is 13.2. The number of hydrogen-bond donors (Lipinski definition) is 1. The molecule has 4 saturated carbocycles. The van der Waals surface area contributed by atoms with Crippen LogP contribution in [0.3, 0.4) is 0 Å². The highest BCUT2D eigenvalue weighted by Gasteiger charge is 2.57. The highest BCUT2D eigenvalue weighted by molar-refractivity contribution is 7.99. The molecule has 1 N–H and O–H groups in total. The van der Waals surface area contributed by atoms with Crippen LogP contribution < -0.4 is 4.72 Å². The van der Waals surface area contributed by atoms with Crippen molar-refractivity contribution in [2.24, 2.45) is 17.3 Å². The standard InChI is InChI=1S/C25H31FN2O3S2/c26-21-6-4-20(5-7-21)23(30)33(31)27-25-14-18-11-19(15-25)13-24(12-18,16-25)8-2-1-3-22(29)28-9-10-32-17-28/h1-2,4-7,18-19,27H,3,8-17H2/b2-1+. The van der Waals surface area contributed by atoms with Gasteiger partial charge in [0, 0.05) is 29.8 Å². The minimum atomic E-state index is -1.85. The van der Waals surface area contributed by atoms with Gasteiger partial charge in [-0.05, 0) is 86.5 Å². The highest BCUT2D eigenvalue weighted by Crippen LogP contribution is 2.63. The molecule has 0 aromatic heterocycles. The van der Waals surface area contributed by atoms with E-state index in [1.807, 2.05) is 11.0 Å². The molecular formula is C25H31FN2O3S2. The lowest BCUT2D eigenvalue weighted by Crippen LogP contribution is -2.62. The minimum Gasteiger partial charge on any atom is -0.332 e. The van der Waals surface area contributed by atoms with Crippen LogP contribution in [-0.2, 0) is 15.8 Å². The Morgan fingerprint density at radius 2 is 1.88 bits per heavy atom. The Kier molecular flexibility index (Phi) is 6.53. The summed E-state index contributed by atoms with van der Waals surface area (Å²) in [6.45, 7) is 0.854. The van der Waals surface area contributed by atoms with E-state index in [0.717, 1.165) is 43.9 Å². The van der Waals surface area contributed by atoms with Crippen LogP contribution in [0.15, 0.2) is 36.4 Å². The molecule has 1 amide bonds. The number of amides is 1. The predicted molar refractivity (Wildman–Crippen MR) is 129 cm³/mol. The van der Waals surface area contributed by atoms with Crippen molar-refractivity contribution in [3.63, 3.8) is 0 Å². The van der Waals surface area contributed by atoms with Gasteiger partial charge in [0.05, 0.1) is 5.88 Å². The van der Waals surface area contributed by atoms with Crippen molar-refractivity contribution in [2.45, 2.75) is 56.9 Å². The third-order valence-electron chi connectivity index (χ3n) is 7.86. The maximum Gasteiger partial charge on any atom is 0.264 e. The van der Waals surface area contributed by atoms with Gasteiger partial charge in [-0.2, -0.15) is 0 Å². The van der Waals surface area contributed by atoms with E-state index < -0.39 is 21.9 Å². The number of allylic oxidation sites excluding steroid dienone is 1. The number of carbonyl (C=O) groups excluding carboxylic acids is 2. The molecule has 6 rings (SSSR count). The van der Waals surface area contributed by atoms with Crippen molar-refractivity contribution >= 4 is 33.8 Å². The van der Waals surface area contributed by atoms with Crippen LogP contribution in [0.1, 0.15) is 61.7 Å². The summed E-state index contributed by atoms with van der Waals surface area (Å²) in [6.07, 6.45) is 12.0. The Hall–Kier alpha value is -1.51.